The number of rotatable bonds is 14. The highest BCUT2D eigenvalue weighted by Crippen LogP contribution is 2.67. The monoisotopic (exact) mass is 587 g/mol. The Hall–Kier alpha value is -1.07. The van der Waals surface area contributed by atoms with E-state index >= 15 is 0 Å². The van der Waals surface area contributed by atoms with Crippen molar-refractivity contribution in [1.82, 2.24) is 10.2 Å². The molecule has 242 valence electrons. The predicted molar refractivity (Wildman–Crippen MR) is 174 cm³/mol. The van der Waals surface area contributed by atoms with E-state index in [1.807, 2.05) is 0 Å². The van der Waals surface area contributed by atoms with Crippen LogP contribution in [0.5, 0.6) is 0 Å². The lowest BCUT2D eigenvalue weighted by atomic mass is 9.47. The lowest BCUT2D eigenvalue weighted by molar-refractivity contribution is -0.0581. The molecule has 0 aromatic heterocycles. The molecule has 0 aliphatic heterocycles. The van der Waals surface area contributed by atoms with Gasteiger partial charge in [-0.2, -0.15) is 0 Å². The van der Waals surface area contributed by atoms with Crippen LogP contribution in [0.3, 0.4) is 0 Å². The van der Waals surface area contributed by atoms with Crippen molar-refractivity contribution in [3.63, 3.8) is 0 Å². The van der Waals surface area contributed by atoms with Gasteiger partial charge in [0.1, 0.15) is 6.10 Å². The normalized spacial score (nSPS) is 35.0. The number of fused-ring (bicyclic) bond motifs is 5. The van der Waals surface area contributed by atoms with E-state index in [-0.39, 0.29) is 24.2 Å². The minimum atomic E-state index is -0.279. The second-order valence-corrected chi connectivity index (χ2v) is 16.2. The minimum Gasteiger partial charge on any atom is -0.446 e. The summed E-state index contributed by atoms with van der Waals surface area (Å²) in [6, 6.07) is 0. The molecule has 4 aliphatic rings. The zero-order chi connectivity index (χ0) is 30.5. The highest BCUT2D eigenvalue weighted by Gasteiger charge is 2.59. The number of nitrogens with one attached hydrogen (secondary N) is 1. The van der Waals surface area contributed by atoms with Gasteiger partial charge >= 0.3 is 6.09 Å². The molecule has 3 fully saturated rings. The second kappa shape index (κ2) is 14.8. The number of hydrogen-bond acceptors (Lipinski definition) is 4. The number of aliphatic hydroxyl groups is 1. The van der Waals surface area contributed by atoms with Crippen LogP contribution < -0.4 is 5.32 Å². The fourth-order valence-electron chi connectivity index (χ4n) is 10.2. The number of carbonyl (C=O) groups is 1. The predicted octanol–water partition coefficient (Wildman–Crippen LogP) is 8.46. The quantitative estimate of drug-likeness (QED) is 0.200. The maximum Gasteiger partial charge on any atom is 0.407 e. The Kier molecular flexibility index (Phi) is 11.9. The highest BCUT2D eigenvalue weighted by atomic mass is 16.6. The third-order valence-corrected chi connectivity index (χ3v) is 12.7. The smallest absolute Gasteiger partial charge is 0.407 e. The van der Waals surface area contributed by atoms with Gasteiger partial charge in [0.2, 0.25) is 0 Å². The van der Waals surface area contributed by atoms with Crippen LogP contribution in [-0.2, 0) is 4.74 Å². The van der Waals surface area contributed by atoms with Gasteiger partial charge in [0.25, 0.3) is 0 Å². The van der Waals surface area contributed by atoms with Crippen molar-refractivity contribution < 1.29 is 14.6 Å². The average molecular weight is 587 g/mol. The summed E-state index contributed by atoms with van der Waals surface area (Å²) in [5.74, 6) is 5.74. The van der Waals surface area contributed by atoms with Crippen LogP contribution in [0.25, 0.3) is 0 Å². The summed E-state index contributed by atoms with van der Waals surface area (Å²) in [5, 5.41) is 12.4. The summed E-state index contributed by atoms with van der Waals surface area (Å²) in [4.78, 5) is 14.9. The first-order valence-electron chi connectivity index (χ1n) is 17.9. The zero-order valence-electron chi connectivity index (χ0n) is 28.4. The first kappa shape index (κ1) is 33.8. The van der Waals surface area contributed by atoms with Crippen LogP contribution in [0.4, 0.5) is 4.79 Å². The summed E-state index contributed by atoms with van der Waals surface area (Å²) < 4.78 is 5.98. The van der Waals surface area contributed by atoms with Gasteiger partial charge in [0, 0.05) is 26.1 Å². The van der Waals surface area contributed by atoms with E-state index in [1.165, 1.54) is 51.4 Å². The number of ether oxygens (including phenoxy) is 1. The number of allylic oxidation sites excluding steroid dienone is 1. The molecule has 4 aliphatic carbocycles. The van der Waals surface area contributed by atoms with Crippen molar-refractivity contribution in [3.05, 3.63) is 11.6 Å². The summed E-state index contributed by atoms with van der Waals surface area (Å²) in [6.07, 6.45) is 17.5. The molecular weight excluding hydrogens is 520 g/mol. The maximum atomic E-state index is 12.7. The molecule has 5 heteroatoms. The molecule has 0 bridgehead atoms. The molecular formula is C37H66N2O3. The maximum absolute atomic E-state index is 12.7. The number of nitrogens with zero attached hydrogens (tertiary/aromatic N) is 1. The number of amides is 1. The van der Waals surface area contributed by atoms with Gasteiger partial charge in [-0.25, -0.2) is 4.79 Å². The van der Waals surface area contributed by atoms with Gasteiger partial charge in [-0.1, -0.05) is 79.4 Å². The molecule has 0 unspecified atom stereocenters. The third-order valence-electron chi connectivity index (χ3n) is 12.7. The number of alkyl carbamates (subject to hydrolysis) is 1. The molecule has 3 saturated carbocycles. The van der Waals surface area contributed by atoms with E-state index in [4.69, 9.17) is 4.74 Å². The van der Waals surface area contributed by atoms with Crippen molar-refractivity contribution in [2.24, 2.45) is 52.3 Å². The topological polar surface area (TPSA) is 61.8 Å². The molecule has 0 radical (unpaired) electrons. The Morgan fingerprint density at radius 3 is 2.45 bits per heavy atom. The van der Waals surface area contributed by atoms with Gasteiger partial charge in [-0.15, -0.1) is 0 Å². The fourth-order valence-corrected chi connectivity index (χ4v) is 10.2. The van der Waals surface area contributed by atoms with Crippen molar-refractivity contribution in [3.8, 4) is 0 Å². The molecule has 0 aromatic carbocycles. The van der Waals surface area contributed by atoms with Crippen LogP contribution in [-0.4, -0.2) is 55.0 Å². The van der Waals surface area contributed by atoms with Crippen molar-refractivity contribution in [1.29, 1.82) is 0 Å². The lowest BCUT2D eigenvalue weighted by Crippen LogP contribution is -2.51. The third kappa shape index (κ3) is 7.76. The molecule has 8 atom stereocenters. The average Bonchev–Trinajstić information content (AvgIpc) is 3.29. The zero-order valence-corrected chi connectivity index (χ0v) is 28.4. The van der Waals surface area contributed by atoms with Crippen molar-refractivity contribution in [2.75, 3.05) is 32.8 Å². The number of aliphatic hydroxyl groups excluding tert-OH is 1. The van der Waals surface area contributed by atoms with Crippen LogP contribution in [0.15, 0.2) is 11.6 Å². The van der Waals surface area contributed by atoms with E-state index < -0.39 is 0 Å². The molecule has 2 N–H and O–H groups in total. The SMILES string of the molecule is CC(C)CCC[C@@H](C)[C@H]1CC[C@H]2[C@@H]3CC=C4C[C@@H](OC(=O)NCCN(CCO)CCC(C)C)CC[C@]4(C)[C@H]3CC[C@]12C. The van der Waals surface area contributed by atoms with E-state index in [0.29, 0.717) is 24.4 Å². The first-order chi connectivity index (χ1) is 20.0. The minimum absolute atomic E-state index is 0.00762. The summed E-state index contributed by atoms with van der Waals surface area (Å²) in [5.41, 5.74) is 2.39. The van der Waals surface area contributed by atoms with Crippen molar-refractivity contribution >= 4 is 6.09 Å². The molecule has 4 rings (SSSR count). The number of hydrogen-bond donors (Lipinski definition) is 2. The van der Waals surface area contributed by atoms with E-state index in [0.717, 1.165) is 74.3 Å². The molecule has 0 aromatic rings. The van der Waals surface area contributed by atoms with Gasteiger partial charge < -0.3 is 15.2 Å². The van der Waals surface area contributed by atoms with Crippen LogP contribution in [0.1, 0.15) is 126 Å². The van der Waals surface area contributed by atoms with Gasteiger partial charge in [0.15, 0.2) is 0 Å². The number of carbonyl (C=O) groups excluding carboxylic acids is 1. The molecule has 0 spiro atoms. The van der Waals surface area contributed by atoms with Crippen LogP contribution in [0, 0.1) is 52.3 Å². The van der Waals surface area contributed by atoms with E-state index in [2.05, 4.69) is 64.8 Å². The highest BCUT2D eigenvalue weighted by molar-refractivity contribution is 5.67. The van der Waals surface area contributed by atoms with Gasteiger partial charge in [-0.3, -0.25) is 4.90 Å². The van der Waals surface area contributed by atoms with E-state index in [9.17, 15) is 9.90 Å². The van der Waals surface area contributed by atoms with Crippen LogP contribution >= 0.6 is 0 Å². The van der Waals surface area contributed by atoms with Gasteiger partial charge in [-0.05, 0) is 110 Å². The standard InChI is InChI=1S/C37H66N2O3/c1-26(2)9-8-10-28(5)32-13-14-33-31-12-11-29-25-30(15-18-36(29,6)34(31)16-19-37(32,33)7)42-35(41)38-20-22-39(23-24-40)21-17-27(3)4/h11,26-28,30-34,40H,8-10,12-25H2,1-7H3,(H,38,41)/t28-,30+,31+,32-,33+,34+,36+,37-/m1/s1. The Morgan fingerprint density at radius 2 is 1.74 bits per heavy atom. The Balaban J connectivity index is 1.29. The Morgan fingerprint density at radius 1 is 0.976 bits per heavy atom. The molecule has 42 heavy (non-hydrogen) atoms. The molecule has 5 nitrogen and oxygen atoms in total. The second-order valence-electron chi connectivity index (χ2n) is 16.2. The van der Waals surface area contributed by atoms with E-state index in [1.54, 1.807) is 5.57 Å². The van der Waals surface area contributed by atoms with Crippen molar-refractivity contribution in [2.45, 2.75) is 132 Å². The summed E-state index contributed by atoms with van der Waals surface area (Å²) in [7, 11) is 0. The van der Waals surface area contributed by atoms with Crippen LogP contribution in [0.2, 0.25) is 0 Å². The lowest BCUT2D eigenvalue weighted by Gasteiger charge is -2.58. The largest absolute Gasteiger partial charge is 0.446 e. The summed E-state index contributed by atoms with van der Waals surface area (Å²) >= 11 is 0. The summed E-state index contributed by atoms with van der Waals surface area (Å²) in [6.45, 7) is 20.0. The molecule has 1 amide bonds. The Labute approximate surface area is 259 Å². The molecule has 0 saturated heterocycles. The Bertz CT molecular complexity index is 901. The fraction of sp³-hybridized carbons (Fsp3) is 0.919. The van der Waals surface area contributed by atoms with Gasteiger partial charge in [0.05, 0.1) is 6.61 Å². The first-order valence-corrected chi connectivity index (χ1v) is 17.9. The molecule has 0 heterocycles.